The van der Waals surface area contributed by atoms with Crippen LogP contribution in [0.5, 0.6) is 5.75 Å². The van der Waals surface area contributed by atoms with Gasteiger partial charge >= 0.3 is 0 Å². The molecule has 1 N–H and O–H groups in total. The Morgan fingerprint density at radius 3 is 2.48 bits per heavy atom. The molecule has 0 unspecified atom stereocenters. The number of halogens is 2. The number of nitrogens with one attached hydrogen (secondary N) is 1. The van der Waals surface area contributed by atoms with Crippen molar-refractivity contribution in [2.24, 2.45) is 0 Å². The lowest BCUT2D eigenvalue weighted by Gasteiger charge is -2.38. The van der Waals surface area contributed by atoms with E-state index in [0.29, 0.717) is 16.5 Å². The molecule has 1 fully saturated rings. The first-order valence-electron chi connectivity index (χ1n) is 8.87. The fraction of sp³-hybridized carbons (Fsp3) is 0.350. The van der Waals surface area contributed by atoms with Crippen LogP contribution >= 0.6 is 23.2 Å². The molecule has 1 atom stereocenters. The summed E-state index contributed by atoms with van der Waals surface area (Å²) in [6.45, 7) is 5.25. The van der Waals surface area contributed by atoms with E-state index in [1.54, 1.807) is 25.3 Å². The van der Waals surface area contributed by atoms with E-state index in [1.807, 2.05) is 25.1 Å². The number of carbonyl (C=O) groups is 1. The second-order valence-corrected chi connectivity index (χ2v) is 7.36. The number of carbonyl (C=O) groups excluding carboxylic acids is 1. The Labute approximate surface area is 169 Å². The quantitative estimate of drug-likeness (QED) is 0.808. The van der Waals surface area contributed by atoms with E-state index >= 15 is 0 Å². The highest BCUT2D eigenvalue weighted by Gasteiger charge is 2.26. The monoisotopic (exact) mass is 407 g/mol. The topological polar surface area (TPSA) is 44.8 Å². The van der Waals surface area contributed by atoms with Gasteiger partial charge in [0.25, 0.3) is 0 Å². The van der Waals surface area contributed by atoms with E-state index < -0.39 is 0 Å². The number of hydrogen-bond acceptors (Lipinski definition) is 4. The summed E-state index contributed by atoms with van der Waals surface area (Å²) in [5.74, 6) is 0.535. The van der Waals surface area contributed by atoms with Crippen LogP contribution in [-0.4, -0.2) is 50.1 Å². The van der Waals surface area contributed by atoms with Gasteiger partial charge in [0.1, 0.15) is 5.75 Å². The summed E-state index contributed by atoms with van der Waals surface area (Å²) in [5.41, 5.74) is 1.78. The zero-order chi connectivity index (χ0) is 19.4. The molecular weight excluding hydrogens is 385 g/mol. The van der Waals surface area contributed by atoms with Gasteiger partial charge in [-0.05, 0) is 43.3 Å². The molecule has 27 heavy (non-hydrogen) atoms. The number of ether oxygens (including phenoxy) is 1. The molecule has 7 heteroatoms. The van der Waals surface area contributed by atoms with Crippen molar-refractivity contribution in [2.75, 3.05) is 43.5 Å². The van der Waals surface area contributed by atoms with E-state index in [0.717, 1.165) is 36.9 Å². The van der Waals surface area contributed by atoms with E-state index in [9.17, 15) is 4.79 Å². The molecule has 1 amide bonds. The summed E-state index contributed by atoms with van der Waals surface area (Å²) < 4.78 is 5.14. The largest absolute Gasteiger partial charge is 0.495 e. The minimum absolute atomic E-state index is 0.0487. The third-order valence-corrected chi connectivity index (χ3v) is 5.36. The van der Waals surface area contributed by atoms with E-state index in [1.165, 1.54) is 0 Å². The molecule has 0 aliphatic carbocycles. The van der Waals surface area contributed by atoms with Crippen molar-refractivity contribution in [1.29, 1.82) is 0 Å². The summed E-state index contributed by atoms with van der Waals surface area (Å²) in [5, 5.41) is 4.14. The molecule has 0 aromatic heterocycles. The molecule has 144 valence electrons. The van der Waals surface area contributed by atoms with Gasteiger partial charge in [-0.3, -0.25) is 9.69 Å². The van der Waals surface area contributed by atoms with Crippen molar-refractivity contribution >= 4 is 40.5 Å². The van der Waals surface area contributed by atoms with Crippen molar-refractivity contribution in [3.05, 3.63) is 52.5 Å². The molecular formula is C20H23Cl2N3O2. The Morgan fingerprint density at radius 2 is 1.85 bits per heavy atom. The van der Waals surface area contributed by atoms with Crippen LogP contribution in [0.3, 0.4) is 0 Å². The minimum Gasteiger partial charge on any atom is -0.495 e. The zero-order valence-electron chi connectivity index (χ0n) is 15.4. The maximum atomic E-state index is 12.6. The van der Waals surface area contributed by atoms with Crippen molar-refractivity contribution in [1.82, 2.24) is 4.90 Å². The van der Waals surface area contributed by atoms with Crippen LogP contribution < -0.4 is 15.0 Å². The smallest absolute Gasteiger partial charge is 0.241 e. The van der Waals surface area contributed by atoms with Crippen molar-refractivity contribution < 1.29 is 9.53 Å². The first-order chi connectivity index (χ1) is 13.0. The highest BCUT2D eigenvalue weighted by Crippen LogP contribution is 2.27. The van der Waals surface area contributed by atoms with Gasteiger partial charge in [-0.2, -0.15) is 0 Å². The lowest BCUT2D eigenvalue weighted by molar-refractivity contribution is -0.120. The molecule has 0 bridgehead atoms. The maximum Gasteiger partial charge on any atom is 0.241 e. The van der Waals surface area contributed by atoms with Gasteiger partial charge in [0, 0.05) is 42.6 Å². The predicted molar refractivity (Wildman–Crippen MR) is 111 cm³/mol. The van der Waals surface area contributed by atoms with Crippen molar-refractivity contribution in [3.63, 3.8) is 0 Å². The summed E-state index contributed by atoms with van der Waals surface area (Å²) in [4.78, 5) is 17.1. The molecule has 0 spiro atoms. The van der Waals surface area contributed by atoms with Crippen molar-refractivity contribution in [2.45, 2.75) is 13.0 Å². The average Bonchev–Trinajstić information content (AvgIpc) is 2.67. The SMILES string of the molecule is COc1ccc(NC(=O)[C@H](C)N2CCN(c3cccc(Cl)c3)CC2)cc1Cl. The Balaban J connectivity index is 1.56. The van der Waals surface area contributed by atoms with Crippen molar-refractivity contribution in [3.8, 4) is 5.75 Å². The van der Waals surface area contributed by atoms with E-state index in [4.69, 9.17) is 27.9 Å². The Bertz CT molecular complexity index is 808. The standard InChI is InChI=1S/C20H23Cl2N3O2/c1-14(20(26)23-16-6-7-19(27-2)18(22)13-16)24-8-10-25(11-9-24)17-5-3-4-15(21)12-17/h3-7,12-14H,8-11H2,1-2H3,(H,23,26)/t14-/m0/s1. The van der Waals surface area contributed by atoms with E-state index in [2.05, 4.69) is 21.2 Å². The lowest BCUT2D eigenvalue weighted by atomic mass is 10.2. The Kier molecular flexibility index (Phi) is 6.47. The molecule has 0 radical (unpaired) electrons. The van der Waals surface area contributed by atoms with Gasteiger partial charge in [0.15, 0.2) is 0 Å². The molecule has 2 aromatic carbocycles. The fourth-order valence-corrected chi connectivity index (χ4v) is 3.64. The predicted octanol–water partition coefficient (Wildman–Crippen LogP) is 4.15. The summed E-state index contributed by atoms with van der Waals surface area (Å²) in [6.07, 6.45) is 0. The van der Waals surface area contributed by atoms with Gasteiger partial charge < -0.3 is 15.0 Å². The van der Waals surface area contributed by atoms with Crippen LogP contribution in [0.1, 0.15) is 6.92 Å². The number of anilines is 2. The number of methoxy groups -OCH3 is 1. The van der Waals surface area contributed by atoms with Gasteiger partial charge in [-0.15, -0.1) is 0 Å². The maximum absolute atomic E-state index is 12.6. The Morgan fingerprint density at radius 1 is 1.11 bits per heavy atom. The molecule has 1 aliphatic rings. The first kappa shape index (κ1) is 19.8. The number of rotatable bonds is 5. The summed E-state index contributed by atoms with van der Waals surface area (Å²) in [6, 6.07) is 12.9. The second-order valence-electron chi connectivity index (χ2n) is 6.52. The number of nitrogens with zero attached hydrogens (tertiary/aromatic N) is 2. The minimum atomic E-state index is -0.229. The van der Waals surface area contributed by atoms with Crippen LogP contribution in [0.2, 0.25) is 10.0 Å². The molecule has 5 nitrogen and oxygen atoms in total. The third kappa shape index (κ3) is 4.86. The summed E-state index contributed by atoms with van der Waals surface area (Å²) >= 11 is 12.2. The van der Waals surface area contributed by atoms with Gasteiger partial charge in [0.05, 0.1) is 18.2 Å². The zero-order valence-corrected chi connectivity index (χ0v) is 16.9. The number of piperazine rings is 1. The van der Waals surface area contributed by atoms with Gasteiger partial charge in [-0.25, -0.2) is 0 Å². The lowest BCUT2D eigenvalue weighted by Crippen LogP contribution is -2.52. The molecule has 1 saturated heterocycles. The number of amides is 1. The third-order valence-electron chi connectivity index (χ3n) is 4.83. The molecule has 1 heterocycles. The van der Waals surface area contributed by atoms with Gasteiger partial charge in [0.2, 0.25) is 5.91 Å². The van der Waals surface area contributed by atoms with Crippen LogP contribution in [-0.2, 0) is 4.79 Å². The first-order valence-corrected chi connectivity index (χ1v) is 9.62. The fourth-order valence-electron chi connectivity index (χ4n) is 3.20. The highest BCUT2D eigenvalue weighted by atomic mass is 35.5. The number of hydrogen-bond donors (Lipinski definition) is 1. The molecule has 0 saturated carbocycles. The molecule has 2 aromatic rings. The summed E-state index contributed by atoms with van der Waals surface area (Å²) in [7, 11) is 1.56. The molecule has 3 rings (SSSR count). The average molecular weight is 408 g/mol. The van der Waals surface area contributed by atoms with Crippen LogP contribution in [0.15, 0.2) is 42.5 Å². The van der Waals surface area contributed by atoms with Crippen LogP contribution in [0.25, 0.3) is 0 Å². The second kappa shape index (κ2) is 8.83. The van der Waals surface area contributed by atoms with Crippen LogP contribution in [0, 0.1) is 0 Å². The highest BCUT2D eigenvalue weighted by molar-refractivity contribution is 6.32. The van der Waals surface area contributed by atoms with Crippen LogP contribution in [0.4, 0.5) is 11.4 Å². The van der Waals surface area contributed by atoms with Gasteiger partial charge in [-0.1, -0.05) is 29.3 Å². The number of benzene rings is 2. The van der Waals surface area contributed by atoms with E-state index in [-0.39, 0.29) is 11.9 Å². The molecule has 1 aliphatic heterocycles. The Hall–Kier alpha value is -1.95. The normalized spacial score (nSPS) is 16.1.